The van der Waals surface area contributed by atoms with Gasteiger partial charge in [-0.1, -0.05) is 44.1 Å². The Morgan fingerprint density at radius 3 is 2.59 bits per heavy atom. The number of oxime groups is 1. The van der Waals surface area contributed by atoms with Crippen molar-refractivity contribution in [1.29, 1.82) is 0 Å². The lowest BCUT2D eigenvalue weighted by atomic mass is 9.70. The maximum Gasteiger partial charge on any atom is 0.372 e. The highest BCUT2D eigenvalue weighted by atomic mass is 16.7. The lowest BCUT2D eigenvalue weighted by Gasteiger charge is -2.34. The summed E-state index contributed by atoms with van der Waals surface area (Å²) in [6, 6.07) is 9.23. The first kappa shape index (κ1) is 15.1. The molecule has 2 bridgehead atoms. The van der Waals surface area contributed by atoms with E-state index in [1.807, 2.05) is 18.2 Å². The maximum absolute atomic E-state index is 11.8. The molecule has 1 aromatic carbocycles. The molecule has 2 aliphatic rings. The summed E-state index contributed by atoms with van der Waals surface area (Å²) in [6.07, 6.45) is 3.31. The van der Waals surface area contributed by atoms with Gasteiger partial charge in [-0.25, -0.2) is 4.79 Å². The Morgan fingerprint density at radius 1 is 1.27 bits per heavy atom. The molecule has 118 valence electrons. The van der Waals surface area contributed by atoms with Crippen LogP contribution in [0.3, 0.4) is 0 Å². The standard InChI is InChI=1S/C18H23NO3/c1-17(2)13-9-10-18(17,3)15(11-13)19-22-16(20)12-21-14-7-5-4-6-8-14/h4-8,13H,9-12H2,1-3H3/b19-15-. The van der Waals surface area contributed by atoms with Crippen LogP contribution in [0.2, 0.25) is 0 Å². The van der Waals surface area contributed by atoms with E-state index in [0.717, 1.165) is 18.6 Å². The third-order valence-corrected chi connectivity index (χ3v) is 5.87. The first-order chi connectivity index (χ1) is 10.4. The quantitative estimate of drug-likeness (QED) is 0.627. The number of hydrogen-bond donors (Lipinski definition) is 0. The SMILES string of the molecule is CC12CCC(C/C1=N/OC(=O)COc1ccccc1)C2(C)C. The van der Waals surface area contributed by atoms with Gasteiger partial charge in [0.2, 0.25) is 0 Å². The van der Waals surface area contributed by atoms with Gasteiger partial charge in [0.05, 0.1) is 5.71 Å². The van der Waals surface area contributed by atoms with Gasteiger partial charge in [-0.2, -0.15) is 0 Å². The number of ether oxygens (including phenoxy) is 1. The van der Waals surface area contributed by atoms with E-state index in [9.17, 15) is 4.79 Å². The van der Waals surface area contributed by atoms with Gasteiger partial charge in [0.25, 0.3) is 0 Å². The monoisotopic (exact) mass is 301 g/mol. The van der Waals surface area contributed by atoms with Crippen LogP contribution in [0, 0.1) is 16.7 Å². The molecule has 2 saturated carbocycles. The Morgan fingerprint density at radius 2 is 2.00 bits per heavy atom. The molecule has 0 spiro atoms. The average Bonchev–Trinajstić information content (AvgIpc) is 2.85. The Bertz CT molecular complexity index is 594. The van der Waals surface area contributed by atoms with Crippen molar-refractivity contribution in [2.24, 2.45) is 21.9 Å². The van der Waals surface area contributed by atoms with Crippen molar-refractivity contribution in [2.45, 2.75) is 40.0 Å². The molecule has 2 fully saturated rings. The minimum Gasteiger partial charge on any atom is -0.482 e. The van der Waals surface area contributed by atoms with E-state index in [1.165, 1.54) is 6.42 Å². The Hall–Kier alpha value is -1.84. The van der Waals surface area contributed by atoms with Gasteiger partial charge in [0.15, 0.2) is 6.61 Å². The zero-order valence-corrected chi connectivity index (χ0v) is 13.5. The number of carbonyl (C=O) groups excluding carboxylic acids is 1. The predicted octanol–water partition coefficient (Wildman–Crippen LogP) is 3.81. The fraction of sp³-hybridized carbons (Fsp3) is 0.556. The molecular weight excluding hydrogens is 278 g/mol. The van der Waals surface area contributed by atoms with Gasteiger partial charge in [0.1, 0.15) is 5.75 Å². The molecule has 22 heavy (non-hydrogen) atoms. The van der Waals surface area contributed by atoms with Crippen LogP contribution in [0.4, 0.5) is 0 Å². The van der Waals surface area contributed by atoms with Crippen molar-refractivity contribution in [1.82, 2.24) is 0 Å². The Balaban J connectivity index is 1.57. The van der Waals surface area contributed by atoms with Crippen LogP contribution in [0.5, 0.6) is 5.75 Å². The third kappa shape index (κ3) is 2.40. The summed E-state index contributed by atoms with van der Waals surface area (Å²) in [4.78, 5) is 16.9. The molecule has 0 radical (unpaired) electrons. The van der Waals surface area contributed by atoms with Crippen LogP contribution in [-0.4, -0.2) is 18.3 Å². The summed E-state index contributed by atoms with van der Waals surface area (Å²) in [6.45, 7) is 6.72. The Kier molecular flexibility index (Phi) is 3.71. The summed E-state index contributed by atoms with van der Waals surface area (Å²) in [5, 5.41) is 4.17. The van der Waals surface area contributed by atoms with Crippen LogP contribution in [0.1, 0.15) is 40.0 Å². The number of carbonyl (C=O) groups is 1. The van der Waals surface area contributed by atoms with Crippen molar-refractivity contribution in [3.05, 3.63) is 30.3 Å². The zero-order chi connectivity index (χ0) is 15.8. The third-order valence-electron chi connectivity index (χ3n) is 5.87. The highest BCUT2D eigenvalue weighted by molar-refractivity contribution is 5.94. The summed E-state index contributed by atoms with van der Waals surface area (Å²) in [7, 11) is 0. The van der Waals surface area contributed by atoms with Crippen LogP contribution in [-0.2, 0) is 9.63 Å². The van der Waals surface area contributed by atoms with Gasteiger partial charge >= 0.3 is 5.97 Å². The van der Waals surface area contributed by atoms with Gasteiger partial charge in [-0.15, -0.1) is 0 Å². The summed E-state index contributed by atoms with van der Waals surface area (Å²) >= 11 is 0. The minimum atomic E-state index is -0.458. The fourth-order valence-electron chi connectivity index (χ4n) is 3.86. The number of hydrogen-bond acceptors (Lipinski definition) is 4. The van der Waals surface area contributed by atoms with Crippen LogP contribution < -0.4 is 4.74 Å². The van der Waals surface area contributed by atoms with Gasteiger partial charge in [-0.05, 0) is 42.7 Å². The molecule has 2 aliphatic carbocycles. The number of benzene rings is 1. The minimum absolute atomic E-state index is 0.0538. The number of fused-ring (bicyclic) bond motifs is 2. The van der Waals surface area contributed by atoms with Crippen molar-refractivity contribution in [3.63, 3.8) is 0 Å². The largest absolute Gasteiger partial charge is 0.482 e. The fourth-order valence-corrected chi connectivity index (χ4v) is 3.86. The second kappa shape index (κ2) is 5.41. The molecule has 1 aromatic rings. The molecule has 0 aliphatic heterocycles. The lowest BCUT2D eigenvalue weighted by molar-refractivity contribution is -0.146. The van der Waals surface area contributed by atoms with Gasteiger partial charge in [0, 0.05) is 5.41 Å². The van der Waals surface area contributed by atoms with E-state index >= 15 is 0 Å². The van der Waals surface area contributed by atoms with Crippen LogP contribution in [0.25, 0.3) is 0 Å². The first-order valence-corrected chi connectivity index (χ1v) is 7.88. The second-order valence-electron chi connectivity index (χ2n) is 7.10. The molecule has 4 nitrogen and oxygen atoms in total. The second-order valence-corrected chi connectivity index (χ2v) is 7.10. The molecule has 3 rings (SSSR count). The number of nitrogens with zero attached hydrogens (tertiary/aromatic N) is 1. The van der Waals surface area contributed by atoms with Crippen molar-refractivity contribution >= 4 is 11.7 Å². The normalized spacial score (nSPS) is 30.5. The van der Waals surface area contributed by atoms with Crippen molar-refractivity contribution < 1.29 is 14.4 Å². The maximum atomic E-state index is 11.8. The summed E-state index contributed by atoms with van der Waals surface area (Å²) in [5.74, 6) is 0.844. The van der Waals surface area contributed by atoms with Crippen molar-refractivity contribution in [2.75, 3.05) is 6.61 Å². The summed E-state index contributed by atoms with van der Waals surface area (Å²) < 4.78 is 5.37. The van der Waals surface area contributed by atoms with E-state index in [1.54, 1.807) is 12.1 Å². The molecule has 0 saturated heterocycles. The molecular formula is C18H23NO3. The summed E-state index contributed by atoms with van der Waals surface area (Å²) in [5.41, 5.74) is 1.32. The van der Waals surface area contributed by atoms with Crippen LogP contribution >= 0.6 is 0 Å². The number of para-hydroxylation sites is 1. The van der Waals surface area contributed by atoms with Crippen molar-refractivity contribution in [3.8, 4) is 5.75 Å². The van der Waals surface area contributed by atoms with Gasteiger partial charge in [-0.3, -0.25) is 0 Å². The van der Waals surface area contributed by atoms with Crippen LogP contribution in [0.15, 0.2) is 35.5 Å². The van der Waals surface area contributed by atoms with E-state index in [2.05, 4.69) is 25.9 Å². The highest BCUT2D eigenvalue weighted by Crippen LogP contribution is 2.63. The zero-order valence-electron chi connectivity index (χ0n) is 13.5. The Labute approximate surface area is 131 Å². The highest BCUT2D eigenvalue weighted by Gasteiger charge is 2.60. The predicted molar refractivity (Wildman–Crippen MR) is 84.7 cm³/mol. The molecule has 0 heterocycles. The number of rotatable bonds is 4. The molecule has 0 aromatic heterocycles. The molecule has 0 amide bonds. The molecule has 0 N–H and O–H groups in total. The average molecular weight is 301 g/mol. The van der Waals surface area contributed by atoms with E-state index in [4.69, 9.17) is 9.57 Å². The molecule has 2 atom stereocenters. The smallest absolute Gasteiger partial charge is 0.372 e. The van der Waals surface area contributed by atoms with Gasteiger partial charge < -0.3 is 9.57 Å². The molecule has 2 unspecified atom stereocenters. The molecule has 4 heteroatoms. The lowest BCUT2D eigenvalue weighted by Crippen LogP contribution is -2.32. The first-order valence-electron chi connectivity index (χ1n) is 7.88. The van der Waals surface area contributed by atoms with E-state index in [0.29, 0.717) is 11.7 Å². The van der Waals surface area contributed by atoms with E-state index < -0.39 is 5.97 Å². The topological polar surface area (TPSA) is 47.9 Å². The van der Waals surface area contributed by atoms with E-state index in [-0.39, 0.29) is 17.4 Å².